The van der Waals surface area contributed by atoms with E-state index in [-0.39, 0.29) is 5.54 Å². The summed E-state index contributed by atoms with van der Waals surface area (Å²) in [4.78, 5) is 9.43. The zero-order chi connectivity index (χ0) is 13.9. The van der Waals surface area contributed by atoms with Gasteiger partial charge in [0.15, 0.2) is 5.96 Å². The summed E-state index contributed by atoms with van der Waals surface area (Å²) in [5, 5.41) is 0.628. The molecule has 2 atom stereocenters. The van der Waals surface area contributed by atoms with E-state index in [0.717, 1.165) is 38.7 Å². The first kappa shape index (κ1) is 15.0. The molecular weight excluding hydrogens is 256 g/mol. The van der Waals surface area contributed by atoms with Gasteiger partial charge in [-0.3, -0.25) is 4.99 Å². The fourth-order valence-corrected chi connectivity index (χ4v) is 4.59. The summed E-state index contributed by atoms with van der Waals surface area (Å²) in [5.41, 5.74) is 6.36. The van der Waals surface area contributed by atoms with Crippen LogP contribution in [0.2, 0.25) is 0 Å². The quantitative estimate of drug-likeness (QED) is 0.833. The van der Waals surface area contributed by atoms with Crippen molar-refractivity contribution in [1.29, 1.82) is 0 Å². The van der Waals surface area contributed by atoms with Gasteiger partial charge in [-0.2, -0.15) is 11.8 Å². The molecule has 0 aromatic heterocycles. The molecule has 2 rings (SSSR count). The van der Waals surface area contributed by atoms with Crippen LogP contribution in [0.25, 0.3) is 0 Å². The molecule has 1 fully saturated rings. The topological polar surface area (TPSA) is 44.9 Å². The van der Waals surface area contributed by atoms with Crippen molar-refractivity contribution < 1.29 is 0 Å². The van der Waals surface area contributed by atoms with Gasteiger partial charge >= 0.3 is 0 Å². The van der Waals surface area contributed by atoms with Crippen molar-refractivity contribution in [2.75, 3.05) is 38.5 Å². The molecule has 2 aliphatic rings. The largest absolute Gasteiger partial charge is 0.370 e. The number of likely N-dealkylation sites (N-methyl/N-ethyl adjacent to an activating group) is 1. The van der Waals surface area contributed by atoms with Crippen LogP contribution >= 0.6 is 11.8 Å². The molecule has 2 unspecified atom stereocenters. The molecule has 0 radical (unpaired) electrons. The van der Waals surface area contributed by atoms with Crippen molar-refractivity contribution in [1.82, 2.24) is 9.80 Å². The summed E-state index contributed by atoms with van der Waals surface area (Å²) in [6, 6.07) is 0. The van der Waals surface area contributed by atoms with Gasteiger partial charge in [0.05, 0.1) is 12.1 Å². The van der Waals surface area contributed by atoms with Gasteiger partial charge in [0.2, 0.25) is 0 Å². The lowest BCUT2D eigenvalue weighted by Crippen LogP contribution is -2.59. The van der Waals surface area contributed by atoms with Crippen LogP contribution in [0.5, 0.6) is 0 Å². The number of hydrogen-bond donors (Lipinski definition) is 1. The molecule has 0 aliphatic carbocycles. The van der Waals surface area contributed by atoms with Crippen molar-refractivity contribution in [3.63, 3.8) is 0 Å². The lowest BCUT2D eigenvalue weighted by Gasteiger charge is -2.46. The van der Waals surface area contributed by atoms with Crippen molar-refractivity contribution in [3.8, 4) is 0 Å². The second-order valence-corrected chi connectivity index (χ2v) is 7.02. The Morgan fingerprint density at radius 2 is 2.21 bits per heavy atom. The third-order valence-electron chi connectivity index (χ3n) is 4.74. The van der Waals surface area contributed by atoms with Crippen LogP contribution in [0.4, 0.5) is 0 Å². The Hall–Kier alpha value is -0.420. The van der Waals surface area contributed by atoms with Crippen LogP contribution in [-0.2, 0) is 0 Å². The fourth-order valence-electron chi connectivity index (χ4n) is 3.29. The Bertz CT molecular complexity index is 329. The minimum Gasteiger partial charge on any atom is -0.370 e. The van der Waals surface area contributed by atoms with Crippen LogP contribution in [0.3, 0.4) is 0 Å². The molecule has 4 nitrogen and oxygen atoms in total. The van der Waals surface area contributed by atoms with Crippen LogP contribution in [0.1, 0.15) is 33.6 Å². The Morgan fingerprint density at radius 1 is 1.47 bits per heavy atom. The predicted molar refractivity (Wildman–Crippen MR) is 84.9 cm³/mol. The summed E-state index contributed by atoms with van der Waals surface area (Å²) in [6.07, 6.45) is 2.53. The van der Waals surface area contributed by atoms with Crippen LogP contribution in [0, 0.1) is 0 Å². The maximum Gasteiger partial charge on any atom is 0.191 e. The third kappa shape index (κ3) is 2.87. The molecule has 1 spiro atoms. The molecule has 5 heteroatoms. The summed E-state index contributed by atoms with van der Waals surface area (Å²) >= 11 is 2.08. The molecule has 0 aromatic rings. The van der Waals surface area contributed by atoms with Crippen molar-refractivity contribution in [2.45, 2.75) is 44.4 Å². The predicted octanol–water partition coefficient (Wildman–Crippen LogP) is 1.61. The van der Waals surface area contributed by atoms with Gasteiger partial charge < -0.3 is 15.5 Å². The van der Waals surface area contributed by atoms with Gasteiger partial charge in [-0.15, -0.1) is 0 Å². The molecule has 2 heterocycles. The maximum atomic E-state index is 6.16. The molecule has 110 valence electrons. The van der Waals surface area contributed by atoms with E-state index in [1.54, 1.807) is 0 Å². The molecule has 0 aromatic carbocycles. The maximum absolute atomic E-state index is 6.16. The first-order valence-electron chi connectivity index (χ1n) is 7.55. The summed E-state index contributed by atoms with van der Waals surface area (Å²) < 4.78 is 0. The van der Waals surface area contributed by atoms with Crippen LogP contribution in [-0.4, -0.2) is 65.0 Å². The van der Waals surface area contributed by atoms with E-state index in [9.17, 15) is 0 Å². The van der Waals surface area contributed by atoms with E-state index in [4.69, 9.17) is 5.73 Å². The van der Waals surface area contributed by atoms with Crippen LogP contribution in [0.15, 0.2) is 4.99 Å². The number of rotatable bonds is 5. The van der Waals surface area contributed by atoms with E-state index in [1.807, 2.05) is 0 Å². The van der Waals surface area contributed by atoms with E-state index in [1.165, 1.54) is 18.6 Å². The second kappa shape index (κ2) is 6.35. The molecule has 2 aliphatic heterocycles. The molecule has 2 N–H and O–H groups in total. The molecule has 0 saturated carbocycles. The summed E-state index contributed by atoms with van der Waals surface area (Å²) in [6.45, 7) is 12.0. The zero-order valence-corrected chi connectivity index (χ0v) is 13.4. The third-order valence-corrected chi connectivity index (χ3v) is 6.20. The van der Waals surface area contributed by atoms with Gasteiger partial charge in [-0.25, -0.2) is 0 Å². The Balaban J connectivity index is 2.04. The number of thioether (sulfide) groups is 1. The van der Waals surface area contributed by atoms with Gasteiger partial charge in [0, 0.05) is 18.3 Å². The Labute approximate surface area is 121 Å². The highest BCUT2D eigenvalue weighted by molar-refractivity contribution is 8.00. The minimum absolute atomic E-state index is 0.195. The van der Waals surface area contributed by atoms with Crippen molar-refractivity contribution in [2.24, 2.45) is 10.7 Å². The lowest BCUT2D eigenvalue weighted by molar-refractivity contribution is 0.157. The van der Waals surface area contributed by atoms with Gasteiger partial charge in [0.1, 0.15) is 0 Å². The van der Waals surface area contributed by atoms with E-state index >= 15 is 0 Å². The smallest absolute Gasteiger partial charge is 0.191 e. The highest BCUT2D eigenvalue weighted by Gasteiger charge is 2.47. The molecular formula is C14H28N4S. The number of nitrogens with two attached hydrogens (primary N) is 1. The lowest BCUT2D eigenvalue weighted by atomic mass is 9.88. The first-order valence-corrected chi connectivity index (χ1v) is 8.60. The van der Waals surface area contributed by atoms with E-state index in [2.05, 4.69) is 47.3 Å². The highest BCUT2D eigenvalue weighted by atomic mass is 32.2. The number of nitrogens with zero attached hydrogens (tertiary/aromatic N) is 3. The first-order chi connectivity index (χ1) is 9.14. The fraction of sp³-hybridized carbons (Fsp3) is 0.929. The van der Waals surface area contributed by atoms with E-state index in [0.29, 0.717) is 5.25 Å². The Kier molecular flexibility index (Phi) is 5.01. The van der Waals surface area contributed by atoms with Gasteiger partial charge in [-0.05, 0) is 31.7 Å². The minimum atomic E-state index is 0.195. The number of hydrogen-bond acceptors (Lipinski definition) is 5. The summed E-state index contributed by atoms with van der Waals surface area (Å²) in [5.74, 6) is 2.05. The molecule has 0 bridgehead atoms. The Morgan fingerprint density at radius 3 is 2.84 bits per heavy atom. The van der Waals surface area contributed by atoms with Crippen molar-refractivity contribution in [3.05, 3.63) is 0 Å². The molecule has 1 saturated heterocycles. The van der Waals surface area contributed by atoms with Gasteiger partial charge in [0.25, 0.3) is 0 Å². The standard InChI is InChI=1S/C14H28N4S/c1-4-17(5-2)8-9-18-13(15)16-11-14(18)7-6-10-19-12(14)3/h12H,4-11H2,1-3H3,(H2,15,16). The molecule has 19 heavy (non-hydrogen) atoms. The second-order valence-electron chi connectivity index (χ2n) is 5.57. The zero-order valence-electron chi connectivity index (χ0n) is 12.6. The number of aliphatic imine (C=N–C) groups is 1. The average molecular weight is 284 g/mol. The van der Waals surface area contributed by atoms with Crippen LogP contribution < -0.4 is 5.73 Å². The summed E-state index contributed by atoms with van der Waals surface area (Å²) in [7, 11) is 0. The normalized spacial score (nSPS) is 31.3. The van der Waals surface area contributed by atoms with Gasteiger partial charge in [-0.1, -0.05) is 20.8 Å². The number of guanidine groups is 1. The monoisotopic (exact) mass is 284 g/mol. The van der Waals surface area contributed by atoms with Crippen molar-refractivity contribution >= 4 is 17.7 Å². The highest BCUT2D eigenvalue weighted by Crippen LogP contribution is 2.40. The van der Waals surface area contributed by atoms with E-state index < -0.39 is 0 Å². The SMILES string of the molecule is CCN(CC)CCN1C(N)=NCC12CCCSC2C. The average Bonchev–Trinajstić information content (AvgIpc) is 2.73. The molecule has 0 amide bonds.